The molecule has 1 aromatic carbocycles. The lowest BCUT2D eigenvalue weighted by atomic mass is 9.99. The number of alkyl halides is 2. The number of rotatable bonds is 6. The summed E-state index contributed by atoms with van der Waals surface area (Å²) in [4.78, 5) is 11.9. The average Bonchev–Trinajstić information content (AvgIpc) is 2.83. The number of fused-ring (bicyclic) bond motifs is 1. The zero-order chi connectivity index (χ0) is 14.5. The Kier molecular flexibility index (Phi) is 5.06. The molecule has 1 heterocycles. The van der Waals surface area contributed by atoms with Gasteiger partial charge in [0.05, 0.1) is 6.61 Å². The Morgan fingerprint density at radius 2 is 2.10 bits per heavy atom. The van der Waals surface area contributed by atoms with Gasteiger partial charge in [-0.25, -0.2) is 8.78 Å². The van der Waals surface area contributed by atoms with E-state index in [0.717, 1.165) is 11.1 Å². The molecule has 0 radical (unpaired) electrons. The molecule has 0 aliphatic rings. The van der Waals surface area contributed by atoms with Crippen molar-refractivity contribution >= 4 is 27.4 Å². The number of halogens is 2. The van der Waals surface area contributed by atoms with Crippen LogP contribution in [0.4, 0.5) is 8.78 Å². The predicted molar refractivity (Wildman–Crippen MR) is 76.4 cm³/mol. The van der Waals surface area contributed by atoms with Gasteiger partial charge in [-0.2, -0.15) is 0 Å². The van der Waals surface area contributed by atoms with E-state index in [0.29, 0.717) is 17.4 Å². The van der Waals surface area contributed by atoms with Gasteiger partial charge in [-0.05, 0) is 28.8 Å². The fourth-order valence-electron chi connectivity index (χ4n) is 2.01. The third-order valence-corrected chi connectivity index (χ3v) is 4.08. The third kappa shape index (κ3) is 3.15. The molecule has 0 saturated heterocycles. The molecule has 20 heavy (non-hydrogen) atoms. The van der Waals surface area contributed by atoms with E-state index in [1.807, 2.05) is 19.1 Å². The van der Waals surface area contributed by atoms with Crippen LogP contribution in [0.1, 0.15) is 31.2 Å². The van der Waals surface area contributed by atoms with Crippen molar-refractivity contribution in [1.82, 2.24) is 0 Å². The molecule has 0 saturated carbocycles. The Labute approximate surface area is 120 Å². The standard InChI is InChI=1S/C15H16F2O2S/c1-2-3-8-19-15(18)13(14(16)17)11-9-20-12-7-5-4-6-10(11)12/h4-7,9,13-14H,2-3,8H2,1H3. The molecule has 1 aromatic heterocycles. The molecule has 5 heteroatoms. The van der Waals surface area contributed by atoms with Gasteiger partial charge in [0, 0.05) is 4.70 Å². The van der Waals surface area contributed by atoms with Gasteiger partial charge in [0.25, 0.3) is 6.43 Å². The van der Waals surface area contributed by atoms with E-state index in [1.54, 1.807) is 17.5 Å². The minimum Gasteiger partial charge on any atom is -0.465 e. The van der Waals surface area contributed by atoms with Crippen molar-refractivity contribution in [2.75, 3.05) is 6.61 Å². The average molecular weight is 298 g/mol. The molecule has 2 rings (SSSR count). The van der Waals surface area contributed by atoms with Crippen molar-refractivity contribution in [1.29, 1.82) is 0 Å². The fraction of sp³-hybridized carbons (Fsp3) is 0.400. The van der Waals surface area contributed by atoms with Crippen LogP contribution in [0.3, 0.4) is 0 Å². The summed E-state index contributed by atoms with van der Waals surface area (Å²) in [5.41, 5.74) is 0.363. The summed E-state index contributed by atoms with van der Waals surface area (Å²) in [6, 6.07) is 7.24. The Bertz CT molecular complexity index is 580. The molecule has 0 spiro atoms. The van der Waals surface area contributed by atoms with E-state index < -0.39 is 18.3 Å². The normalized spacial score (nSPS) is 12.8. The summed E-state index contributed by atoms with van der Waals surface area (Å²) >= 11 is 1.36. The highest BCUT2D eigenvalue weighted by molar-refractivity contribution is 7.17. The first-order chi connectivity index (χ1) is 9.65. The number of ether oxygens (including phenoxy) is 1. The second-order valence-corrected chi connectivity index (χ2v) is 5.43. The molecule has 1 atom stereocenters. The highest BCUT2D eigenvalue weighted by atomic mass is 32.1. The van der Waals surface area contributed by atoms with Gasteiger partial charge in [-0.3, -0.25) is 4.79 Å². The van der Waals surface area contributed by atoms with Gasteiger partial charge in [0.15, 0.2) is 0 Å². The molecule has 0 amide bonds. The van der Waals surface area contributed by atoms with Crippen molar-refractivity contribution in [3.8, 4) is 0 Å². The van der Waals surface area contributed by atoms with Crippen LogP contribution in [0, 0.1) is 0 Å². The monoisotopic (exact) mass is 298 g/mol. The lowest BCUT2D eigenvalue weighted by Crippen LogP contribution is -2.22. The Morgan fingerprint density at radius 3 is 2.80 bits per heavy atom. The molecule has 1 unspecified atom stereocenters. The fourth-order valence-corrected chi connectivity index (χ4v) is 3.01. The molecular formula is C15H16F2O2S. The summed E-state index contributed by atoms with van der Waals surface area (Å²) in [5.74, 6) is -2.33. The van der Waals surface area contributed by atoms with Crippen molar-refractivity contribution in [2.24, 2.45) is 0 Å². The van der Waals surface area contributed by atoms with Gasteiger partial charge in [-0.15, -0.1) is 11.3 Å². The summed E-state index contributed by atoms with van der Waals surface area (Å²) in [7, 11) is 0. The molecule has 0 fully saturated rings. The van der Waals surface area contributed by atoms with Crippen molar-refractivity contribution in [3.63, 3.8) is 0 Å². The minimum atomic E-state index is -2.76. The number of benzene rings is 1. The lowest BCUT2D eigenvalue weighted by Gasteiger charge is -2.14. The number of hydrogen-bond donors (Lipinski definition) is 0. The molecule has 108 valence electrons. The van der Waals surface area contributed by atoms with Crippen LogP contribution in [0.5, 0.6) is 0 Å². The van der Waals surface area contributed by atoms with Crippen LogP contribution >= 0.6 is 11.3 Å². The maximum absolute atomic E-state index is 13.3. The quantitative estimate of drug-likeness (QED) is 0.576. The number of carbonyl (C=O) groups excluding carboxylic acids is 1. The molecule has 2 nitrogen and oxygen atoms in total. The van der Waals surface area contributed by atoms with Gasteiger partial charge in [-0.1, -0.05) is 31.5 Å². The second kappa shape index (κ2) is 6.79. The number of unbranched alkanes of at least 4 members (excludes halogenated alkanes) is 1. The Hall–Kier alpha value is -1.49. The van der Waals surface area contributed by atoms with Crippen LogP contribution in [-0.4, -0.2) is 19.0 Å². The first-order valence-electron chi connectivity index (χ1n) is 6.56. The minimum absolute atomic E-state index is 0.195. The Balaban J connectivity index is 2.26. The van der Waals surface area contributed by atoms with Crippen LogP contribution in [0.15, 0.2) is 29.6 Å². The van der Waals surface area contributed by atoms with Crippen LogP contribution < -0.4 is 0 Å². The second-order valence-electron chi connectivity index (χ2n) is 4.52. The van der Waals surface area contributed by atoms with Gasteiger partial charge < -0.3 is 4.74 Å². The molecule has 0 aliphatic heterocycles. The SMILES string of the molecule is CCCCOC(=O)C(c1csc2ccccc12)C(F)F. The van der Waals surface area contributed by atoms with E-state index >= 15 is 0 Å². The van der Waals surface area contributed by atoms with E-state index in [9.17, 15) is 13.6 Å². The van der Waals surface area contributed by atoms with Gasteiger partial charge in [0.1, 0.15) is 5.92 Å². The van der Waals surface area contributed by atoms with Crippen LogP contribution in [-0.2, 0) is 9.53 Å². The zero-order valence-electron chi connectivity index (χ0n) is 11.1. The molecule has 0 aliphatic carbocycles. The highest BCUT2D eigenvalue weighted by Crippen LogP contribution is 2.35. The summed E-state index contributed by atoms with van der Waals surface area (Å²) < 4.78 is 32.4. The third-order valence-electron chi connectivity index (χ3n) is 3.09. The number of hydrogen-bond acceptors (Lipinski definition) is 3. The molecule has 2 aromatic rings. The first-order valence-corrected chi connectivity index (χ1v) is 7.44. The predicted octanol–water partition coefficient (Wildman–Crippen LogP) is 4.59. The number of esters is 1. The summed E-state index contributed by atoms with van der Waals surface area (Å²) in [5, 5.41) is 2.33. The molecule has 0 N–H and O–H groups in total. The van der Waals surface area contributed by atoms with E-state index in [4.69, 9.17) is 4.74 Å². The lowest BCUT2D eigenvalue weighted by molar-refractivity contribution is -0.149. The maximum Gasteiger partial charge on any atom is 0.319 e. The first kappa shape index (κ1) is 14.9. The van der Waals surface area contributed by atoms with Crippen LogP contribution in [0.2, 0.25) is 0 Å². The zero-order valence-corrected chi connectivity index (χ0v) is 12.0. The number of thiophene rings is 1. The topological polar surface area (TPSA) is 26.3 Å². The maximum atomic E-state index is 13.3. The largest absolute Gasteiger partial charge is 0.465 e. The molecular weight excluding hydrogens is 282 g/mol. The number of carbonyl (C=O) groups is 1. The smallest absolute Gasteiger partial charge is 0.319 e. The van der Waals surface area contributed by atoms with Gasteiger partial charge in [0.2, 0.25) is 0 Å². The van der Waals surface area contributed by atoms with E-state index in [1.165, 1.54) is 11.3 Å². The Morgan fingerprint density at radius 1 is 1.35 bits per heavy atom. The van der Waals surface area contributed by atoms with E-state index in [-0.39, 0.29) is 6.61 Å². The summed E-state index contributed by atoms with van der Waals surface area (Å²) in [6.07, 6.45) is -1.22. The van der Waals surface area contributed by atoms with Crippen molar-refractivity contribution in [2.45, 2.75) is 32.1 Å². The van der Waals surface area contributed by atoms with Crippen molar-refractivity contribution in [3.05, 3.63) is 35.2 Å². The molecule has 0 bridgehead atoms. The van der Waals surface area contributed by atoms with E-state index in [2.05, 4.69) is 0 Å². The van der Waals surface area contributed by atoms with Crippen LogP contribution in [0.25, 0.3) is 10.1 Å². The summed E-state index contributed by atoms with van der Waals surface area (Å²) in [6.45, 7) is 2.14. The van der Waals surface area contributed by atoms with Crippen molar-refractivity contribution < 1.29 is 18.3 Å². The highest BCUT2D eigenvalue weighted by Gasteiger charge is 2.33. The van der Waals surface area contributed by atoms with Gasteiger partial charge >= 0.3 is 5.97 Å².